The zero-order valence-corrected chi connectivity index (χ0v) is 12.1. The summed E-state index contributed by atoms with van der Waals surface area (Å²) in [5.41, 5.74) is 1.10. The number of hydrogen-bond donors (Lipinski definition) is 0. The molecule has 0 bridgehead atoms. The quantitative estimate of drug-likeness (QED) is 0.667. The Morgan fingerprint density at radius 2 is 2.00 bits per heavy atom. The molecule has 0 saturated heterocycles. The average Bonchev–Trinajstić information content (AvgIpc) is 2.43. The van der Waals surface area contributed by atoms with Gasteiger partial charge in [-0.1, -0.05) is 38.0 Å². The van der Waals surface area contributed by atoms with Gasteiger partial charge in [0.2, 0.25) is 0 Å². The lowest BCUT2D eigenvalue weighted by molar-refractivity contribution is -0.143. The molecular weight excluding hydrogens is 240 g/mol. The van der Waals surface area contributed by atoms with Crippen LogP contribution in [0.15, 0.2) is 24.3 Å². The van der Waals surface area contributed by atoms with Gasteiger partial charge in [0.05, 0.1) is 20.1 Å². The summed E-state index contributed by atoms with van der Waals surface area (Å²) < 4.78 is 10.5. The first-order chi connectivity index (χ1) is 9.22. The molecule has 0 heterocycles. The van der Waals surface area contributed by atoms with Gasteiger partial charge in [-0.15, -0.1) is 0 Å². The Hall–Kier alpha value is -1.51. The summed E-state index contributed by atoms with van der Waals surface area (Å²) >= 11 is 0. The fourth-order valence-corrected chi connectivity index (χ4v) is 2.24. The molecule has 0 spiro atoms. The highest BCUT2D eigenvalue weighted by Gasteiger charge is 2.19. The number of ether oxygens (including phenoxy) is 2. The lowest BCUT2D eigenvalue weighted by atomic mass is 9.90. The minimum Gasteiger partial charge on any atom is -0.496 e. The molecule has 1 aromatic carbocycles. The first-order valence-electron chi connectivity index (χ1n) is 7.01. The second-order valence-corrected chi connectivity index (χ2v) is 4.59. The molecule has 0 N–H and O–H groups in total. The summed E-state index contributed by atoms with van der Waals surface area (Å²) in [7, 11) is 1.67. The van der Waals surface area contributed by atoms with E-state index in [1.165, 1.54) is 0 Å². The highest BCUT2D eigenvalue weighted by Crippen LogP contribution is 2.32. The second kappa shape index (κ2) is 8.57. The van der Waals surface area contributed by atoms with Gasteiger partial charge in [-0.3, -0.25) is 4.79 Å². The molecule has 19 heavy (non-hydrogen) atoms. The normalized spacial score (nSPS) is 11.9. The molecule has 0 aliphatic carbocycles. The van der Waals surface area contributed by atoms with Crippen molar-refractivity contribution in [2.24, 2.45) is 0 Å². The Morgan fingerprint density at radius 1 is 1.26 bits per heavy atom. The minimum absolute atomic E-state index is 0.130. The lowest BCUT2D eigenvalue weighted by Gasteiger charge is -2.19. The van der Waals surface area contributed by atoms with Gasteiger partial charge in [0.15, 0.2) is 0 Å². The zero-order chi connectivity index (χ0) is 14.1. The van der Waals surface area contributed by atoms with E-state index in [-0.39, 0.29) is 11.9 Å². The molecule has 1 aromatic rings. The Bertz CT molecular complexity index is 387. The number of para-hydroxylation sites is 1. The maximum absolute atomic E-state index is 11.7. The Morgan fingerprint density at radius 3 is 2.63 bits per heavy atom. The molecule has 0 fully saturated rings. The van der Waals surface area contributed by atoms with Crippen molar-refractivity contribution in [3.63, 3.8) is 0 Å². The topological polar surface area (TPSA) is 35.5 Å². The Balaban J connectivity index is 2.85. The van der Waals surface area contributed by atoms with E-state index in [0.29, 0.717) is 13.0 Å². The number of carbonyl (C=O) groups excluding carboxylic acids is 1. The number of methoxy groups -OCH3 is 1. The van der Waals surface area contributed by atoms with E-state index in [1.807, 2.05) is 31.2 Å². The molecule has 3 nitrogen and oxygen atoms in total. The van der Waals surface area contributed by atoms with Gasteiger partial charge in [-0.05, 0) is 30.9 Å². The van der Waals surface area contributed by atoms with Gasteiger partial charge >= 0.3 is 5.97 Å². The lowest BCUT2D eigenvalue weighted by Crippen LogP contribution is -2.11. The largest absolute Gasteiger partial charge is 0.496 e. The number of benzene rings is 1. The summed E-state index contributed by atoms with van der Waals surface area (Å²) in [5, 5.41) is 0. The van der Waals surface area contributed by atoms with E-state index in [4.69, 9.17) is 9.47 Å². The molecule has 0 aliphatic heterocycles. The predicted octanol–water partition coefficient (Wildman–Crippen LogP) is 3.92. The second-order valence-electron chi connectivity index (χ2n) is 4.59. The van der Waals surface area contributed by atoms with E-state index in [2.05, 4.69) is 6.92 Å². The summed E-state index contributed by atoms with van der Waals surface area (Å²) in [6, 6.07) is 7.92. The van der Waals surface area contributed by atoms with Crippen LogP contribution in [0.25, 0.3) is 0 Å². The summed E-state index contributed by atoms with van der Waals surface area (Å²) in [6.45, 7) is 4.43. The van der Waals surface area contributed by atoms with Crippen LogP contribution in [0.2, 0.25) is 0 Å². The fourth-order valence-electron chi connectivity index (χ4n) is 2.24. The molecule has 106 valence electrons. The third-order valence-electron chi connectivity index (χ3n) is 3.20. The average molecular weight is 264 g/mol. The number of esters is 1. The van der Waals surface area contributed by atoms with Crippen LogP contribution in [-0.4, -0.2) is 19.7 Å². The van der Waals surface area contributed by atoms with Crippen LogP contribution in [0.3, 0.4) is 0 Å². The summed E-state index contributed by atoms with van der Waals surface area (Å²) in [6.07, 6.45) is 3.63. The van der Waals surface area contributed by atoms with Crippen LogP contribution in [0.4, 0.5) is 0 Å². The fraction of sp³-hybridized carbons (Fsp3) is 0.562. The third-order valence-corrected chi connectivity index (χ3v) is 3.20. The first kappa shape index (κ1) is 15.5. The van der Waals surface area contributed by atoms with E-state index in [9.17, 15) is 4.79 Å². The molecule has 0 radical (unpaired) electrons. The molecule has 0 aromatic heterocycles. The number of rotatable bonds is 8. The molecule has 0 saturated carbocycles. The van der Waals surface area contributed by atoms with Crippen molar-refractivity contribution in [1.29, 1.82) is 0 Å². The number of hydrogen-bond acceptors (Lipinski definition) is 3. The zero-order valence-electron chi connectivity index (χ0n) is 12.1. The number of carbonyl (C=O) groups is 1. The smallest absolute Gasteiger partial charge is 0.306 e. The first-order valence-corrected chi connectivity index (χ1v) is 7.01. The van der Waals surface area contributed by atoms with Crippen molar-refractivity contribution < 1.29 is 14.3 Å². The predicted molar refractivity (Wildman–Crippen MR) is 76.5 cm³/mol. The van der Waals surface area contributed by atoms with E-state index < -0.39 is 0 Å². The maximum Gasteiger partial charge on any atom is 0.306 e. The van der Waals surface area contributed by atoms with Crippen LogP contribution >= 0.6 is 0 Å². The highest BCUT2D eigenvalue weighted by atomic mass is 16.5. The summed E-state index contributed by atoms with van der Waals surface area (Å²) in [5.74, 6) is 0.901. The van der Waals surface area contributed by atoms with E-state index >= 15 is 0 Å². The van der Waals surface area contributed by atoms with Gasteiger partial charge in [0.25, 0.3) is 0 Å². The van der Waals surface area contributed by atoms with Crippen LogP contribution in [0, 0.1) is 0 Å². The highest BCUT2D eigenvalue weighted by molar-refractivity contribution is 5.70. The SMILES string of the molecule is CCCCC(CC(=O)OCC)c1ccccc1OC. The Kier molecular flexibility index (Phi) is 7.01. The van der Waals surface area contributed by atoms with Crippen LogP contribution in [0.5, 0.6) is 5.75 Å². The van der Waals surface area contributed by atoms with Crippen LogP contribution in [-0.2, 0) is 9.53 Å². The van der Waals surface area contributed by atoms with Gasteiger partial charge in [-0.25, -0.2) is 0 Å². The third kappa shape index (κ3) is 4.93. The van der Waals surface area contributed by atoms with E-state index in [0.717, 1.165) is 30.6 Å². The van der Waals surface area contributed by atoms with Gasteiger partial charge < -0.3 is 9.47 Å². The Labute approximate surface area is 115 Å². The van der Waals surface area contributed by atoms with Crippen LogP contribution < -0.4 is 4.74 Å². The van der Waals surface area contributed by atoms with Gasteiger partial charge in [-0.2, -0.15) is 0 Å². The maximum atomic E-state index is 11.7. The molecule has 3 heteroatoms. The summed E-state index contributed by atoms with van der Waals surface area (Å²) in [4.78, 5) is 11.7. The van der Waals surface area contributed by atoms with Crippen molar-refractivity contribution in [2.75, 3.05) is 13.7 Å². The van der Waals surface area contributed by atoms with Crippen molar-refractivity contribution in [2.45, 2.75) is 45.4 Å². The molecule has 1 rings (SSSR count). The standard InChI is InChI=1S/C16H24O3/c1-4-6-9-13(12-16(17)19-5-2)14-10-7-8-11-15(14)18-3/h7-8,10-11,13H,4-6,9,12H2,1-3H3. The minimum atomic E-state index is -0.130. The van der Waals surface area contributed by atoms with Gasteiger partial charge in [0, 0.05) is 0 Å². The molecular formula is C16H24O3. The molecule has 0 amide bonds. The van der Waals surface area contributed by atoms with Crippen molar-refractivity contribution in [1.82, 2.24) is 0 Å². The van der Waals surface area contributed by atoms with Crippen molar-refractivity contribution in [3.05, 3.63) is 29.8 Å². The van der Waals surface area contributed by atoms with Crippen molar-refractivity contribution >= 4 is 5.97 Å². The van der Waals surface area contributed by atoms with Gasteiger partial charge in [0.1, 0.15) is 5.75 Å². The molecule has 1 atom stereocenters. The van der Waals surface area contributed by atoms with E-state index in [1.54, 1.807) is 7.11 Å². The molecule has 0 aliphatic rings. The van der Waals surface area contributed by atoms with Crippen molar-refractivity contribution in [3.8, 4) is 5.75 Å². The molecule has 1 unspecified atom stereocenters. The monoisotopic (exact) mass is 264 g/mol. The number of unbranched alkanes of at least 4 members (excludes halogenated alkanes) is 1. The van der Waals surface area contributed by atoms with Crippen LogP contribution in [0.1, 0.15) is 51.0 Å².